The molecule has 0 aromatic carbocycles. The van der Waals surface area contributed by atoms with E-state index in [1.165, 1.54) is 0 Å². The van der Waals surface area contributed by atoms with Gasteiger partial charge in [0.05, 0.1) is 6.54 Å². The number of aromatic carboxylic acids is 1. The highest BCUT2D eigenvalue weighted by Gasteiger charge is 2.20. The van der Waals surface area contributed by atoms with E-state index in [4.69, 9.17) is 0 Å². The van der Waals surface area contributed by atoms with Crippen LogP contribution >= 0.6 is 0 Å². The number of likely N-dealkylation sites (N-methyl/N-ethyl adjacent to an activating group) is 1. The first-order valence-corrected chi connectivity index (χ1v) is 5.81. The van der Waals surface area contributed by atoms with Gasteiger partial charge in [-0.3, -0.25) is 4.98 Å². The lowest BCUT2D eigenvalue weighted by Gasteiger charge is -2.11. The number of hydrogen-bond acceptors (Lipinski definition) is 5. The van der Waals surface area contributed by atoms with E-state index in [2.05, 4.69) is 15.3 Å². The summed E-state index contributed by atoms with van der Waals surface area (Å²) in [6, 6.07) is 3.49. The van der Waals surface area contributed by atoms with Crippen molar-refractivity contribution < 1.29 is 9.90 Å². The van der Waals surface area contributed by atoms with E-state index in [1.807, 2.05) is 19.0 Å². The van der Waals surface area contributed by atoms with Gasteiger partial charge in [-0.2, -0.15) is 0 Å². The summed E-state index contributed by atoms with van der Waals surface area (Å²) in [7, 11) is 3.89. The molecule has 0 aliphatic carbocycles. The standard InChI is InChI=1S/C12H15N5O2/c1-16(2)7-8-17-11(9-3-5-13-6-4-9)10(12(18)19)14-15-17/h3-6H,7-8H2,1-2H3,(H,18,19). The van der Waals surface area contributed by atoms with Crippen molar-refractivity contribution in [3.05, 3.63) is 30.2 Å². The molecule has 100 valence electrons. The first-order chi connectivity index (χ1) is 9.09. The van der Waals surface area contributed by atoms with Gasteiger partial charge in [0.25, 0.3) is 0 Å². The number of carboxylic acid groups (broad SMARTS) is 1. The fourth-order valence-electron chi connectivity index (χ4n) is 1.70. The highest BCUT2D eigenvalue weighted by atomic mass is 16.4. The number of carboxylic acids is 1. The van der Waals surface area contributed by atoms with Gasteiger partial charge in [-0.1, -0.05) is 5.21 Å². The number of rotatable bonds is 5. The summed E-state index contributed by atoms with van der Waals surface area (Å²) in [5.74, 6) is -1.08. The van der Waals surface area contributed by atoms with Crippen LogP contribution in [0.2, 0.25) is 0 Å². The van der Waals surface area contributed by atoms with Gasteiger partial charge in [0, 0.05) is 24.5 Å². The molecule has 0 radical (unpaired) electrons. The van der Waals surface area contributed by atoms with Crippen LogP contribution in [-0.2, 0) is 6.54 Å². The largest absolute Gasteiger partial charge is 0.476 e. The zero-order chi connectivity index (χ0) is 13.8. The van der Waals surface area contributed by atoms with Gasteiger partial charge in [-0.05, 0) is 26.2 Å². The Kier molecular flexibility index (Phi) is 3.86. The molecule has 0 bridgehead atoms. The van der Waals surface area contributed by atoms with Crippen LogP contribution in [0.15, 0.2) is 24.5 Å². The van der Waals surface area contributed by atoms with Gasteiger partial charge in [0.2, 0.25) is 0 Å². The molecule has 0 aliphatic heterocycles. The quantitative estimate of drug-likeness (QED) is 0.848. The van der Waals surface area contributed by atoms with Crippen molar-refractivity contribution in [1.82, 2.24) is 24.9 Å². The number of pyridine rings is 1. The van der Waals surface area contributed by atoms with Crippen molar-refractivity contribution in [2.24, 2.45) is 0 Å². The van der Waals surface area contributed by atoms with Crippen molar-refractivity contribution >= 4 is 5.97 Å². The molecule has 2 aromatic heterocycles. The van der Waals surface area contributed by atoms with Crippen LogP contribution in [0.1, 0.15) is 10.5 Å². The van der Waals surface area contributed by atoms with Gasteiger partial charge in [-0.15, -0.1) is 5.10 Å². The maximum atomic E-state index is 11.2. The van der Waals surface area contributed by atoms with Crippen LogP contribution in [0.3, 0.4) is 0 Å². The molecule has 0 amide bonds. The summed E-state index contributed by atoms with van der Waals surface area (Å²) in [4.78, 5) is 17.1. The summed E-state index contributed by atoms with van der Waals surface area (Å²) in [5, 5.41) is 16.8. The van der Waals surface area contributed by atoms with E-state index in [-0.39, 0.29) is 5.69 Å². The molecule has 7 heteroatoms. The maximum absolute atomic E-state index is 11.2. The lowest BCUT2D eigenvalue weighted by atomic mass is 10.1. The third kappa shape index (κ3) is 2.94. The fraction of sp³-hybridized carbons (Fsp3) is 0.333. The molecule has 1 N–H and O–H groups in total. The van der Waals surface area contributed by atoms with Crippen molar-refractivity contribution in [2.45, 2.75) is 6.54 Å². The molecule has 0 saturated carbocycles. The highest BCUT2D eigenvalue weighted by Crippen LogP contribution is 2.21. The van der Waals surface area contributed by atoms with Crippen LogP contribution in [-0.4, -0.2) is 56.6 Å². The first kappa shape index (κ1) is 13.2. The molecule has 2 heterocycles. The SMILES string of the molecule is CN(C)CCn1nnc(C(=O)O)c1-c1ccncc1. The van der Waals surface area contributed by atoms with Crippen LogP contribution in [0, 0.1) is 0 Å². The Balaban J connectivity index is 2.42. The topological polar surface area (TPSA) is 84.1 Å². The predicted molar refractivity (Wildman–Crippen MR) is 68.8 cm³/mol. The minimum absolute atomic E-state index is 0.0371. The third-order valence-corrected chi connectivity index (χ3v) is 2.65. The minimum Gasteiger partial charge on any atom is -0.476 e. The molecule has 0 fully saturated rings. The van der Waals surface area contributed by atoms with Gasteiger partial charge in [0.15, 0.2) is 5.69 Å². The molecule has 0 unspecified atom stereocenters. The predicted octanol–water partition coefficient (Wildman–Crippen LogP) is 0.600. The van der Waals surface area contributed by atoms with E-state index in [0.29, 0.717) is 12.2 Å². The molecule has 0 saturated heterocycles. The van der Waals surface area contributed by atoms with Gasteiger partial charge in [-0.25, -0.2) is 9.48 Å². The van der Waals surface area contributed by atoms with Crippen LogP contribution in [0.25, 0.3) is 11.3 Å². The van der Waals surface area contributed by atoms with E-state index >= 15 is 0 Å². The Morgan fingerprint density at radius 1 is 1.37 bits per heavy atom. The Bertz CT molecular complexity index is 565. The van der Waals surface area contributed by atoms with Gasteiger partial charge in [0.1, 0.15) is 5.69 Å². The zero-order valence-electron chi connectivity index (χ0n) is 10.8. The van der Waals surface area contributed by atoms with Gasteiger partial charge >= 0.3 is 5.97 Å². The molecule has 0 spiro atoms. The summed E-state index contributed by atoms with van der Waals surface area (Å²) >= 11 is 0. The van der Waals surface area contributed by atoms with Crippen LogP contribution in [0.4, 0.5) is 0 Å². The summed E-state index contributed by atoms with van der Waals surface area (Å²) < 4.78 is 1.61. The summed E-state index contributed by atoms with van der Waals surface area (Å²) in [6.07, 6.45) is 3.23. The summed E-state index contributed by atoms with van der Waals surface area (Å²) in [6.45, 7) is 1.32. The minimum atomic E-state index is -1.08. The monoisotopic (exact) mass is 261 g/mol. The zero-order valence-corrected chi connectivity index (χ0v) is 10.8. The smallest absolute Gasteiger partial charge is 0.358 e. The van der Waals surface area contributed by atoms with Crippen molar-refractivity contribution in [1.29, 1.82) is 0 Å². The van der Waals surface area contributed by atoms with E-state index < -0.39 is 5.97 Å². The number of carbonyl (C=O) groups is 1. The average molecular weight is 261 g/mol. The molecule has 2 aromatic rings. The van der Waals surface area contributed by atoms with Crippen LogP contribution < -0.4 is 0 Å². The fourth-order valence-corrected chi connectivity index (χ4v) is 1.70. The lowest BCUT2D eigenvalue weighted by Crippen LogP contribution is -2.19. The second-order valence-electron chi connectivity index (χ2n) is 4.35. The van der Waals surface area contributed by atoms with Crippen LogP contribution in [0.5, 0.6) is 0 Å². The lowest BCUT2D eigenvalue weighted by molar-refractivity contribution is 0.0691. The second kappa shape index (κ2) is 5.57. The maximum Gasteiger partial charge on any atom is 0.358 e. The Morgan fingerprint density at radius 2 is 2.05 bits per heavy atom. The molecular weight excluding hydrogens is 246 g/mol. The second-order valence-corrected chi connectivity index (χ2v) is 4.35. The summed E-state index contributed by atoms with van der Waals surface area (Å²) in [5.41, 5.74) is 1.22. The van der Waals surface area contributed by atoms with E-state index in [0.717, 1.165) is 12.1 Å². The van der Waals surface area contributed by atoms with Crippen molar-refractivity contribution in [2.75, 3.05) is 20.6 Å². The van der Waals surface area contributed by atoms with Gasteiger partial charge < -0.3 is 10.0 Å². The normalized spacial score (nSPS) is 10.9. The molecule has 7 nitrogen and oxygen atoms in total. The molecule has 19 heavy (non-hydrogen) atoms. The van der Waals surface area contributed by atoms with Crippen molar-refractivity contribution in [3.8, 4) is 11.3 Å². The average Bonchev–Trinajstić information content (AvgIpc) is 2.81. The van der Waals surface area contributed by atoms with Crippen molar-refractivity contribution in [3.63, 3.8) is 0 Å². The first-order valence-electron chi connectivity index (χ1n) is 5.81. The number of aromatic nitrogens is 4. The highest BCUT2D eigenvalue weighted by molar-refractivity contribution is 5.92. The molecule has 0 aliphatic rings. The van der Waals surface area contributed by atoms with E-state index in [1.54, 1.807) is 29.2 Å². The Morgan fingerprint density at radius 3 is 2.63 bits per heavy atom. The number of hydrogen-bond donors (Lipinski definition) is 1. The Labute approximate surface area is 110 Å². The number of nitrogens with zero attached hydrogens (tertiary/aromatic N) is 5. The molecule has 2 rings (SSSR count). The molecular formula is C12H15N5O2. The third-order valence-electron chi connectivity index (χ3n) is 2.65. The van der Waals surface area contributed by atoms with E-state index in [9.17, 15) is 9.90 Å². The Hall–Kier alpha value is -2.28. The molecule has 0 atom stereocenters.